The smallest absolute Gasteiger partial charge is 0.333 e. The fraction of sp³-hybridized carbons (Fsp3) is 0.529. The van der Waals surface area contributed by atoms with Gasteiger partial charge in [-0.2, -0.15) is 0 Å². The molecule has 1 aliphatic carbocycles. The molecule has 0 spiro atoms. The lowest BCUT2D eigenvalue weighted by atomic mass is 9.77. The number of carbonyl (C=O) groups is 2. The largest absolute Gasteiger partial charge is 0.492 e. The molecule has 58 heavy (non-hydrogen) atoms. The molecule has 1 aliphatic rings. The molecule has 0 bridgehead atoms. The third kappa shape index (κ3) is 13.1. The molecule has 0 radical (unpaired) electrons. The van der Waals surface area contributed by atoms with Crippen molar-refractivity contribution >= 4 is 11.9 Å². The lowest BCUT2D eigenvalue weighted by Gasteiger charge is -2.29. The zero-order valence-electron chi connectivity index (χ0n) is 36.3. The summed E-state index contributed by atoms with van der Waals surface area (Å²) in [6, 6.07) is 16.4. The number of esters is 2. The summed E-state index contributed by atoms with van der Waals surface area (Å²) in [5.74, 6) is 0.955. The van der Waals surface area contributed by atoms with Crippen LogP contribution in [0.15, 0.2) is 72.8 Å². The third-order valence-corrected chi connectivity index (χ3v) is 12.0. The summed E-state index contributed by atoms with van der Waals surface area (Å²) >= 11 is 0. The molecular formula is C51H69FO6. The number of hydrogen-bond acceptors (Lipinski definition) is 6. The van der Waals surface area contributed by atoms with Gasteiger partial charge in [-0.15, -0.1) is 0 Å². The molecule has 4 rings (SSSR count). The van der Waals surface area contributed by atoms with Crippen LogP contribution in [0.1, 0.15) is 140 Å². The standard InChI is InChI=1S/C51H69FO6/c1-9-12-13-16-37-19-21-39(22-20-37)41-24-26-46(47(52)32-41)45-25-23-40(29-38(45)10-2)44-30-42(17-14-27-56-49(54)35(4)5)48(58-34-51(8,11-3)33-53)43(31-44)18-15-28-57-50(55)36(6)7/h23-26,29-32,37,39,53H,4,6,9-22,27-28,33-34H2,1-3,5,7-8H3. The van der Waals surface area contributed by atoms with Gasteiger partial charge in [-0.1, -0.05) is 96.9 Å². The van der Waals surface area contributed by atoms with E-state index in [-0.39, 0.29) is 25.6 Å². The Morgan fingerprint density at radius 3 is 1.88 bits per heavy atom. The first kappa shape index (κ1) is 46.5. The number of benzene rings is 3. The van der Waals surface area contributed by atoms with Crippen molar-refractivity contribution in [3.05, 3.63) is 101 Å². The van der Waals surface area contributed by atoms with E-state index in [2.05, 4.69) is 57.3 Å². The lowest BCUT2D eigenvalue weighted by Crippen LogP contribution is -2.29. The van der Waals surface area contributed by atoms with Crippen LogP contribution < -0.4 is 4.74 Å². The second-order valence-electron chi connectivity index (χ2n) is 17.0. The molecule has 1 unspecified atom stereocenters. The first-order chi connectivity index (χ1) is 27.8. The van der Waals surface area contributed by atoms with Gasteiger partial charge < -0.3 is 19.3 Å². The minimum Gasteiger partial charge on any atom is -0.492 e. The van der Waals surface area contributed by atoms with E-state index in [9.17, 15) is 14.7 Å². The number of aliphatic hydroxyl groups excluding tert-OH is 1. The highest BCUT2D eigenvalue weighted by molar-refractivity contribution is 5.87. The summed E-state index contributed by atoms with van der Waals surface area (Å²) in [7, 11) is 0. The van der Waals surface area contributed by atoms with Crippen molar-refractivity contribution in [2.24, 2.45) is 11.3 Å². The lowest BCUT2D eigenvalue weighted by molar-refractivity contribution is -0.139. The monoisotopic (exact) mass is 797 g/mol. The maximum atomic E-state index is 16.1. The minimum atomic E-state index is -0.437. The van der Waals surface area contributed by atoms with Gasteiger partial charge in [-0.3, -0.25) is 0 Å². The van der Waals surface area contributed by atoms with Gasteiger partial charge in [0.25, 0.3) is 0 Å². The van der Waals surface area contributed by atoms with Crippen molar-refractivity contribution in [1.29, 1.82) is 0 Å². The first-order valence-electron chi connectivity index (χ1n) is 21.8. The molecule has 0 aliphatic heterocycles. The van der Waals surface area contributed by atoms with Crippen LogP contribution in [0.4, 0.5) is 4.39 Å². The van der Waals surface area contributed by atoms with Gasteiger partial charge in [0, 0.05) is 22.1 Å². The zero-order chi connectivity index (χ0) is 42.2. The Morgan fingerprint density at radius 1 is 0.776 bits per heavy atom. The molecule has 7 heteroatoms. The topological polar surface area (TPSA) is 82.1 Å². The van der Waals surface area contributed by atoms with Crippen LogP contribution in [0.5, 0.6) is 5.75 Å². The summed E-state index contributed by atoms with van der Waals surface area (Å²) < 4.78 is 33.5. The summed E-state index contributed by atoms with van der Waals surface area (Å²) in [6.45, 7) is 19.8. The van der Waals surface area contributed by atoms with Crippen LogP contribution in [-0.4, -0.2) is 43.5 Å². The number of halogens is 1. The van der Waals surface area contributed by atoms with Crippen molar-refractivity contribution in [1.82, 2.24) is 0 Å². The SMILES string of the molecule is C=C(C)C(=O)OCCCc1cc(-c2ccc(-c3ccc(C4CCC(CCCCC)CC4)cc3F)c(CC)c2)cc(CCCOC(=O)C(=C)C)c1OCC(C)(CC)CO. The summed E-state index contributed by atoms with van der Waals surface area (Å²) in [5, 5.41) is 10.2. The van der Waals surface area contributed by atoms with Gasteiger partial charge >= 0.3 is 11.9 Å². The Bertz CT molecular complexity index is 1790. The van der Waals surface area contributed by atoms with Crippen molar-refractivity contribution in [3.63, 3.8) is 0 Å². The zero-order valence-corrected chi connectivity index (χ0v) is 36.3. The molecule has 3 aromatic rings. The highest BCUT2D eigenvalue weighted by Gasteiger charge is 2.26. The molecule has 3 aromatic carbocycles. The van der Waals surface area contributed by atoms with Crippen LogP contribution in [0.2, 0.25) is 0 Å². The molecule has 0 aromatic heterocycles. The van der Waals surface area contributed by atoms with E-state index >= 15 is 4.39 Å². The van der Waals surface area contributed by atoms with Crippen molar-refractivity contribution in [3.8, 4) is 28.0 Å². The normalized spacial score (nSPS) is 16.3. The molecule has 1 fully saturated rings. The molecule has 1 N–H and O–H groups in total. The quantitative estimate of drug-likeness (QED) is 0.0585. The number of ether oxygens (including phenoxy) is 3. The first-order valence-corrected chi connectivity index (χ1v) is 21.8. The predicted molar refractivity (Wildman–Crippen MR) is 235 cm³/mol. The number of carbonyl (C=O) groups excluding carboxylic acids is 2. The highest BCUT2D eigenvalue weighted by atomic mass is 19.1. The minimum absolute atomic E-state index is 0.0182. The Morgan fingerprint density at radius 2 is 1.36 bits per heavy atom. The van der Waals surface area contributed by atoms with Crippen molar-refractivity contribution < 1.29 is 33.3 Å². The number of aliphatic hydroxyl groups is 1. The van der Waals surface area contributed by atoms with E-state index in [4.69, 9.17) is 14.2 Å². The molecule has 0 amide bonds. The van der Waals surface area contributed by atoms with E-state index in [1.54, 1.807) is 19.9 Å². The van der Waals surface area contributed by atoms with Gasteiger partial charge in [0.2, 0.25) is 0 Å². The fourth-order valence-electron chi connectivity index (χ4n) is 7.88. The number of hydrogen-bond donors (Lipinski definition) is 1. The van der Waals surface area contributed by atoms with E-state index in [0.29, 0.717) is 54.9 Å². The van der Waals surface area contributed by atoms with Crippen molar-refractivity contribution in [2.45, 2.75) is 137 Å². The number of unbranched alkanes of at least 4 members (excludes halogenated alkanes) is 2. The van der Waals surface area contributed by atoms with Gasteiger partial charge in [-0.05, 0) is 147 Å². The van der Waals surface area contributed by atoms with E-state index in [0.717, 1.165) is 76.3 Å². The molecule has 1 saturated carbocycles. The Hall–Kier alpha value is -4.23. The van der Waals surface area contributed by atoms with Crippen LogP contribution in [0.25, 0.3) is 22.3 Å². The van der Waals surface area contributed by atoms with E-state index in [1.807, 2.05) is 26.0 Å². The number of aryl methyl sites for hydroxylation is 3. The Labute approximate surface area is 348 Å². The van der Waals surface area contributed by atoms with Crippen LogP contribution in [-0.2, 0) is 38.3 Å². The van der Waals surface area contributed by atoms with Crippen LogP contribution in [0, 0.1) is 17.2 Å². The highest BCUT2D eigenvalue weighted by Crippen LogP contribution is 2.41. The Balaban J connectivity index is 1.66. The predicted octanol–water partition coefficient (Wildman–Crippen LogP) is 12.5. The maximum absolute atomic E-state index is 16.1. The fourth-order valence-corrected chi connectivity index (χ4v) is 7.88. The maximum Gasteiger partial charge on any atom is 0.333 e. The summed E-state index contributed by atoms with van der Waals surface area (Å²) in [4.78, 5) is 24.3. The molecule has 0 heterocycles. The molecular weight excluding hydrogens is 728 g/mol. The average Bonchev–Trinajstić information content (AvgIpc) is 3.23. The third-order valence-electron chi connectivity index (χ3n) is 12.0. The molecule has 6 nitrogen and oxygen atoms in total. The molecule has 1 atom stereocenters. The van der Waals surface area contributed by atoms with Gasteiger partial charge in [0.05, 0.1) is 26.4 Å². The Kier molecular flexibility index (Phi) is 18.3. The summed E-state index contributed by atoms with van der Waals surface area (Å²) in [6.07, 6.45) is 13.7. The van der Waals surface area contributed by atoms with Gasteiger partial charge in [-0.25, -0.2) is 14.0 Å². The van der Waals surface area contributed by atoms with Crippen molar-refractivity contribution in [2.75, 3.05) is 26.4 Å². The van der Waals surface area contributed by atoms with E-state index in [1.165, 1.54) is 38.5 Å². The average molecular weight is 797 g/mol. The van der Waals surface area contributed by atoms with Crippen LogP contribution in [0.3, 0.4) is 0 Å². The van der Waals surface area contributed by atoms with Gasteiger partial charge in [0.1, 0.15) is 11.6 Å². The summed E-state index contributed by atoms with van der Waals surface area (Å²) in [5.41, 5.74) is 7.85. The number of rotatable bonds is 23. The molecule has 316 valence electrons. The molecule has 0 saturated heterocycles. The van der Waals surface area contributed by atoms with Gasteiger partial charge in [0.15, 0.2) is 0 Å². The second-order valence-corrected chi connectivity index (χ2v) is 17.0. The van der Waals surface area contributed by atoms with E-state index < -0.39 is 17.4 Å². The van der Waals surface area contributed by atoms with Crippen LogP contribution >= 0.6 is 0 Å². The second kappa shape index (κ2) is 22.8.